The molecule has 3 aliphatic rings. The van der Waals surface area contributed by atoms with E-state index in [-0.39, 0.29) is 23.8 Å². The van der Waals surface area contributed by atoms with Gasteiger partial charge in [0.1, 0.15) is 5.75 Å². The van der Waals surface area contributed by atoms with Crippen LogP contribution < -0.4 is 15.4 Å². The lowest BCUT2D eigenvalue weighted by molar-refractivity contribution is -0.121. The third-order valence-electron chi connectivity index (χ3n) is 7.91. The SMILES string of the molecule is COc1cc(NC(=O)C2CCC(N3Cc4c(C)cc(C5=CCNCC5)cc4C3=O)CC2)ccc1C. The molecule has 6 heteroatoms. The molecular weight excluding hydrogens is 438 g/mol. The van der Waals surface area contributed by atoms with Crippen LogP contribution in [0.4, 0.5) is 5.69 Å². The third kappa shape index (κ3) is 4.72. The van der Waals surface area contributed by atoms with E-state index in [2.05, 4.69) is 40.7 Å². The molecule has 0 spiro atoms. The van der Waals surface area contributed by atoms with Gasteiger partial charge in [-0.1, -0.05) is 18.2 Å². The number of nitrogens with zero attached hydrogens (tertiary/aromatic N) is 1. The second kappa shape index (κ2) is 9.86. The zero-order chi connectivity index (χ0) is 24.5. The van der Waals surface area contributed by atoms with Gasteiger partial charge >= 0.3 is 0 Å². The van der Waals surface area contributed by atoms with E-state index in [1.54, 1.807) is 7.11 Å². The van der Waals surface area contributed by atoms with E-state index in [9.17, 15) is 9.59 Å². The number of hydrogen-bond donors (Lipinski definition) is 2. The molecule has 6 nitrogen and oxygen atoms in total. The standard InChI is InChI=1S/C29H35N3O3/c1-18-4-7-23(16-27(18)35-3)31-28(33)21-5-8-24(9-6-21)32-17-26-19(2)14-22(15-25(26)29(32)34)20-10-12-30-13-11-20/h4,7,10,14-16,21,24,30H,5-6,8-9,11-13,17H2,1-3H3,(H,31,33). The summed E-state index contributed by atoms with van der Waals surface area (Å²) in [5, 5.41) is 6.41. The zero-order valence-electron chi connectivity index (χ0n) is 20.9. The number of anilines is 1. The molecule has 0 unspecified atom stereocenters. The minimum atomic E-state index is -0.0289. The first-order valence-corrected chi connectivity index (χ1v) is 12.7. The van der Waals surface area contributed by atoms with E-state index in [0.29, 0.717) is 6.54 Å². The molecule has 2 N–H and O–H groups in total. The highest BCUT2D eigenvalue weighted by atomic mass is 16.5. The van der Waals surface area contributed by atoms with Crippen molar-refractivity contribution in [2.24, 2.45) is 5.92 Å². The van der Waals surface area contributed by atoms with Gasteiger partial charge in [0, 0.05) is 42.4 Å². The normalized spacial score (nSPS) is 22.0. The van der Waals surface area contributed by atoms with Crippen LogP contribution in [-0.2, 0) is 11.3 Å². The molecule has 0 aromatic heterocycles. The number of carbonyl (C=O) groups excluding carboxylic acids is 2. The molecule has 0 atom stereocenters. The first-order chi connectivity index (χ1) is 16.9. The summed E-state index contributed by atoms with van der Waals surface area (Å²) in [7, 11) is 1.64. The van der Waals surface area contributed by atoms with Gasteiger partial charge in [0.05, 0.1) is 7.11 Å². The van der Waals surface area contributed by atoms with E-state index in [1.165, 1.54) is 22.3 Å². The molecule has 1 saturated carbocycles. The van der Waals surface area contributed by atoms with Gasteiger partial charge in [-0.05, 0) is 92.5 Å². The van der Waals surface area contributed by atoms with Gasteiger partial charge in [-0.25, -0.2) is 0 Å². The summed E-state index contributed by atoms with van der Waals surface area (Å²) < 4.78 is 5.38. The Balaban J connectivity index is 1.22. The molecule has 2 aliphatic heterocycles. The Kier molecular flexibility index (Phi) is 6.65. The van der Waals surface area contributed by atoms with Crippen molar-refractivity contribution in [3.8, 4) is 5.75 Å². The Labute approximate surface area is 207 Å². The van der Waals surface area contributed by atoms with Gasteiger partial charge in [0.15, 0.2) is 0 Å². The number of nitrogens with one attached hydrogen (secondary N) is 2. The number of amides is 2. The minimum absolute atomic E-state index is 0.0289. The van der Waals surface area contributed by atoms with Crippen molar-refractivity contribution in [3.05, 3.63) is 64.2 Å². The maximum Gasteiger partial charge on any atom is 0.254 e. The number of fused-ring (bicyclic) bond motifs is 1. The van der Waals surface area contributed by atoms with Crippen LogP contribution in [0, 0.1) is 19.8 Å². The van der Waals surface area contributed by atoms with Gasteiger partial charge in [-0.15, -0.1) is 0 Å². The first-order valence-electron chi connectivity index (χ1n) is 12.7. The fraction of sp³-hybridized carbons (Fsp3) is 0.448. The summed E-state index contributed by atoms with van der Waals surface area (Å²) in [5.74, 6) is 0.951. The minimum Gasteiger partial charge on any atom is -0.496 e. The molecule has 0 saturated heterocycles. The predicted octanol–water partition coefficient (Wildman–Crippen LogP) is 4.84. The second-order valence-corrected chi connectivity index (χ2v) is 10.1. The summed E-state index contributed by atoms with van der Waals surface area (Å²) in [5.41, 5.74) is 7.56. The Morgan fingerprint density at radius 3 is 2.60 bits per heavy atom. The second-order valence-electron chi connectivity index (χ2n) is 10.1. The predicted molar refractivity (Wildman–Crippen MR) is 139 cm³/mol. The molecule has 1 fully saturated rings. The van der Waals surface area contributed by atoms with Gasteiger partial charge in [0.2, 0.25) is 5.91 Å². The van der Waals surface area contributed by atoms with Crippen molar-refractivity contribution in [1.29, 1.82) is 0 Å². The van der Waals surface area contributed by atoms with Crippen LogP contribution in [0.5, 0.6) is 5.75 Å². The molecular formula is C29H35N3O3. The molecule has 184 valence electrons. The largest absolute Gasteiger partial charge is 0.496 e. The highest BCUT2D eigenvalue weighted by Gasteiger charge is 2.37. The Hall–Kier alpha value is -3.12. The maximum absolute atomic E-state index is 13.4. The van der Waals surface area contributed by atoms with Gasteiger partial charge in [0.25, 0.3) is 5.91 Å². The van der Waals surface area contributed by atoms with Crippen molar-refractivity contribution in [3.63, 3.8) is 0 Å². The Morgan fingerprint density at radius 1 is 1.09 bits per heavy atom. The third-order valence-corrected chi connectivity index (χ3v) is 7.91. The van der Waals surface area contributed by atoms with Crippen LogP contribution in [0.3, 0.4) is 0 Å². The molecule has 1 aliphatic carbocycles. The van der Waals surface area contributed by atoms with Crippen LogP contribution >= 0.6 is 0 Å². The van der Waals surface area contributed by atoms with E-state index in [1.807, 2.05) is 25.1 Å². The van der Waals surface area contributed by atoms with Crippen molar-refractivity contribution in [1.82, 2.24) is 10.2 Å². The van der Waals surface area contributed by atoms with Crippen LogP contribution in [0.15, 0.2) is 36.4 Å². The number of carbonyl (C=O) groups is 2. The fourth-order valence-electron chi connectivity index (χ4n) is 5.77. The fourth-order valence-corrected chi connectivity index (χ4v) is 5.77. The van der Waals surface area contributed by atoms with Crippen molar-refractivity contribution in [2.75, 3.05) is 25.5 Å². The summed E-state index contributed by atoms with van der Waals surface area (Å²) >= 11 is 0. The monoisotopic (exact) mass is 473 g/mol. The van der Waals surface area contributed by atoms with E-state index < -0.39 is 0 Å². The highest BCUT2D eigenvalue weighted by molar-refractivity contribution is 6.00. The molecule has 2 heterocycles. The summed E-state index contributed by atoms with van der Waals surface area (Å²) in [6, 6.07) is 10.3. The van der Waals surface area contributed by atoms with Gasteiger partial charge < -0.3 is 20.3 Å². The van der Waals surface area contributed by atoms with Crippen LogP contribution in [-0.4, -0.2) is 43.0 Å². The molecule has 2 amide bonds. The average Bonchev–Trinajstić information content (AvgIpc) is 3.22. The summed E-state index contributed by atoms with van der Waals surface area (Å²) in [6.45, 7) is 6.67. The number of benzene rings is 2. The summed E-state index contributed by atoms with van der Waals surface area (Å²) in [4.78, 5) is 28.4. The van der Waals surface area contributed by atoms with Crippen molar-refractivity contribution < 1.29 is 14.3 Å². The van der Waals surface area contributed by atoms with E-state index in [4.69, 9.17) is 4.74 Å². The molecule has 2 aromatic carbocycles. The maximum atomic E-state index is 13.4. The molecule has 2 aromatic rings. The van der Waals surface area contributed by atoms with E-state index >= 15 is 0 Å². The summed E-state index contributed by atoms with van der Waals surface area (Å²) in [6.07, 6.45) is 6.54. The first kappa shape index (κ1) is 23.6. The van der Waals surface area contributed by atoms with Gasteiger partial charge in [-0.3, -0.25) is 9.59 Å². The number of methoxy groups -OCH3 is 1. The quantitative estimate of drug-likeness (QED) is 0.652. The smallest absolute Gasteiger partial charge is 0.254 e. The lowest BCUT2D eigenvalue weighted by Gasteiger charge is -2.34. The highest BCUT2D eigenvalue weighted by Crippen LogP contribution is 2.36. The Bertz CT molecular complexity index is 1180. The molecule has 35 heavy (non-hydrogen) atoms. The van der Waals surface area contributed by atoms with Crippen molar-refractivity contribution >= 4 is 23.1 Å². The number of rotatable bonds is 5. The number of hydrogen-bond acceptors (Lipinski definition) is 4. The van der Waals surface area contributed by atoms with Gasteiger partial charge in [-0.2, -0.15) is 0 Å². The van der Waals surface area contributed by atoms with Crippen molar-refractivity contribution in [2.45, 2.75) is 58.5 Å². The number of aryl methyl sites for hydroxylation is 2. The number of ether oxygens (including phenoxy) is 1. The molecule has 0 radical (unpaired) electrons. The zero-order valence-corrected chi connectivity index (χ0v) is 20.9. The molecule has 5 rings (SSSR count). The topological polar surface area (TPSA) is 70.7 Å². The van der Waals surface area contributed by atoms with Crippen LogP contribution in [0.2, 0.25) is 0 Å². The lowest BCUT2D eigenvalue weighted by atomic mass is 9.84. The van der Waals surface area contributed by atoms with Crippen LogP contribution in [0.25, 0.3) is 5.57 Å². The molecule has 0 bridgehead atoms. The lowest BCUT2D eigenvalue weighted by Crippen LogP contribution is -2.40. The Morgan fingerprint density at radius 2 is 1.89 bits per heavy atom. The van der Waals surface area contributed by atoms with Crippen LogP contribution in [0.1, 0.15) is 64.7 Å². The average molecular weight is 474 g/mol. The van der Waals surface area contributed by atoms with E-state index in [0.717, 1.165) is 67.8 Å².